The van der Waals surface area contributed by atoms with Crippen molar-refractivity contribution >= 4 is 40.0 Å². The van der Waals surface area contributed by atoms with Gasteiger partial charge in [-0.05, 0) is 37.3 Å². The molecule has 0 radical (unpaired) electrons. The van der Waals surface area contributed by atoms with E-state index in [0.29, 0.717) is 15.7 Å². The number of hydrogen-bond donors (Lipinski definition) is 1. The van der Waals surface area contributed by atoms with Gasteiger partial charge in [-0.3, -0.25) is 4.79 Å². The topological polar surface area (TPSA) is 63.6 Å². The zero-order chi connectivity index (χ0) is 19.0. The number of Topliss-reactive ketones (excluding diaryl/α,β-unsaturated/α-hetero) is 1. The van der Waals surface area contributed by atoms with Crippen molar-refractivity contribution in [3.8, 4) is 11.4 Å². The number of H-pyrrole nitrogens is 1. The summed E-state index contributed by atoms with van der Waals surface area (Å²) < 4.78 is 1.90. The van der Waals surface area contributed by atoms with Gasteiger partial charge >= 0.3 is 0 Å². The molecule has 2 heterocycles. The molecule has 0 aliphatic rings. The quantitative estimate of drug-likeness (QED) is 0.381. The number of rotatable bonds is 5. The summed E-state index contributed by atoms with van der Waals surface area (Å²) in [5.74, 6) is 0.800. The first-order valence-electron chi connectivity index (χ1n) is 8.47. The second-order valence-corrected chi connectivity index (χ2v) is 7.99. The van der Waals surface area contributed by atoms with Crippen LogP contribution in [0.4, 0.5) is 0 Å². The Bertz CT molecular complexity index is 1120. The lowest BCUT2D eigenvalue weighted by molar-refractivity contribution is 0.0995. The molecule has 1 atom stereocenters. The molecule has 0 aliphatic carbocycles. The molecule has 0 spiro atoms. The molecular weight excluding hydrogens is 380 g/mol. The average molecular weight is 397 g/mol. The normalized spacial score (nSPS) is 12.4. The summed E-state index contributed by atoms with van der Waals surface area (Å²) in [6.45, 7) is 1.89. The summed E-state index contributed by atoms with van der Waals surface area (Å²) in [6.07, 6.45) is 1.78. The van der Waals surface area contributed by atoms with Crippen molar-refractivity contribution in [2.45, 2.75) is 17.3 Å². The number of nitrogens with zero attached hydrogens (tertiary/aromatic N) is 3. The zero-order valence-corrected chi connectivity index (χ0v) is 16.4. The number of fused-ring (bicyclic) bond motifs is 1. The second-order valence-electron chi connectivity index (χ2n) is 6.24. The Hall–Kier alpha value is -2.57. The van der Waals surface area contributed by atoms with Crippen LogP contribution in [0, 0.1) is 0 Å². The van der Waals surface area contributed by atoms with Gasteiger partial charge in [-0.2, -0.15) is 0 Å². The minimum absolute atomic E-state index is 0.0634. The Morgan fingerprint density at radius 3 is 2.67 bits per heavy atom. The molecule has 0 aliphatic heterocycles. The molecule has 2 aromatic carbocycles. The van der Waals surface area contributed by atoms with E-state index < -0.39 is 0 Å². The van der Waals surface area contributed by atoms with Crippen LogP contribution in [0.5, 0.6) is 0 Å². The fraction of sp³-hybridized carbons (Fsp3) is 0.150. The van der Waals surface area contributed by atoms with Gasteiger partial charge in [0.15, 0.2) is 16.8 Å². The zero-order valence-electron chi connectivity index (χ0n) is 14.8. The van der Waals surface area contributed by atoms with Crippen molar-refractivity contribution in [1.29, 1.82) is 0 Å². The molecule has 7 heteroatoms. The molecular formula is C20H17ClN4OS. The molecule has 2 aromatic heterocycles. The first-order chi connectivity index (χ1) is 13.0. The first-order valence-corrected chi connectivity index (χ1v) is 9.72. The first kappa shape index (κ1) is 17.8. The standard InChI is InChI=1S/C20H17ClN4OS/c1-12(18(26)16-11-22-17-6-4-3-5-15(16)17)27-20-24-23-19(25(20)2)13-7-9-14(21)10-8-13/h3-12,22H,1-2H3. The minimum Gasteiger partial charge on any atom is -0.360 e. The van der Waals surface area contributed by atoms with Gasteiger partial charge in [-0.15, -0.1) is 10.2 Å². The molecule has 136 valence electrons. The minimum atomic E-state index is -0.287. The van der Waals surface area contributed by atoms with E-state index in [9.17, 15) is 4.79 Å². The SMILES string of the molecule is CC(Sc1nnc(-c2ccc(Cl)cc2)n1C)C(=O)c1c[nH]c2ccccc12. The number of nitrogens with one attached hydrogen (secondary N) is 1. The van der Waals surface area contributed by atoms with Crippen LogP contribution in [0.25, 0.3) is 22.3 Å². The van der Waals surface area contributed by atoms with E-state index in [2.05, 4.69) is 15.2 Å². The van der Waals surface area contributed by atoms with Gasteiger partial charge in [-0.1, -0.05) is 41.6 Å². The number of benzene rings is 2. The van der Waals surface area contributed by atoms with Gasteiger partial charge < -0.3 is 9.55 Å². The number of halogens is 1. The van der Waals surface area contributed by atoms with Crippen LogP contribution in [0.1, 0.15) is 17.3 Å². The van der Waals surface area contributed by atoms with Crippen LogP contribution in [0.2, 0.25) is 5.02 Å². The molecule has 1 unspecified atom stereocenters. The third-order valence-electron chi connectivity index (χ3n) is 4.44. The highest BCUT2D eigenvalue weighted by molar-refractivity contribution is 8.00. The number of aromatic nitrogens is 4. The molecule has 0 saturated carbocycles. The monoisotopic (exact) mass is 396 g/mol. The van der Waals surface area contributed by atoms with Gasteiger partial charge in [0.2, 0.25) is 0 Å². The predicted molar refractivity (Wildman–Crippen MR) is 109 cm³/mol. The maximum absolute atomic E-state index is 12.9. The van der Waals surface area contributed by atoms with E-state index in [1.807, 2.05) is 67.1 Å². The molecule has 0 amide bonds. The van der Waals surface area contributed by atoms with Crippen molar-refractivity contribution in [2.24, 2.45) is 7.05 Å². The van der Waals surface area contributed by atoms with E-state index >= 15 is 0 Å². The van der Waals surface area contributed by atoms with E-state index in [-0.39, 0.29) is 11.0 Å². The van der Waals surface area contributed by atoms with Crippen LogP contribution in [-0.4, -0.2) is 30.8 Å². The fourth-order valence-corrected chi connectivity index (χ4v) is 3.98. The molecule has 0 bridgehead atoms. The Balaban J connectivity index is 1.57. The lowest BCUT2D eigenvalue weighted by atomic mass is 10.1. The molecule has 0 saturated heterocycles. The van der Waals surface area contributed by atoms with Crippen LogP contribution >= 0.6 is 23.4 Å². The third kappa shape index (κ3) is 3.38. The maximum Gasteiger partial charge on any atom is 0.191 e. The molecule has 1 N–H and O–H groups in total. The number of carbonyl (C=O) groups excluding carboxylic acids is 1. The number of hydrogen-bond acceptors (Lipinski definition) is 4. The van der Waals surface area contributed by atoms with Gasteiger partial charge in [0.1, 0.15) is 0 Å². The fourth-order valence-electron chi connectivity index (χ4n) is 2.97. The Morgan fingerprint density at radius 1 is 1.15 bits per heavy atom. The third-order valence-corrected chi connectivity index (χ3v) is 5.83. The summed E-state index contributed by atoms with van der Waals surface area (Å²) in [4.78, 5) is 16.1. The molecule has 0 fully saturated rings. The molecule has 4 aromatic rings. The van der Waals surface area contributed by atoms with E-state index in [1.54, 1.807) is 6.20 Å². The van der Waals surface area contributed by atoms with Crippen molar-refractivity contribution in [1.82, 2.24) is 19.7 Å². The number of carbonyl (C=O) groups is 1. The predicted octanol–water partition coefficient (Wildman–Crippen LogP) is 4.98. The highest BCUT2D eigenvalue weighted by atomic mass is 35.5. The van der Waals surface area contributed by atoms with Gasteiger partial charge in [0.05, 0.1) is 5.25 Å². The van der Waals surface area contributed by atoms with Crippen molar-refractivity contribution in [2.75, 3.05) is 0 Å². The number of ketones is 1. The van der Waals surface area contributed by atoms with Crippen molar-refractivity contribution in [3.05, 3.63) is 65.3 Å². The lowest BCUT2D eigenvalue weighted by Crippen LogP contribution is -2.14. The van der Waals surface area contributed by atoms with E-state index in [1.165, 1.54) is 11.8 Å². The summed E-state index contributed by atoms with van der Waals surface area (Å²) >= 11 is 7.35. The Morgan fingerprint density at radius 2 is 1.89 bits per heavy atom. The van der Waals surface area contributed by atoms with E-state index in [4.69, 9.17) is 11.6 Å². The lowest BCUT2D eigenvalue weighted by Gasteiger charge is -2.09. The maximum atomic E-state index is 12.9. The van der Waals surface area contributed by atoms with Gasteiger partial charge in [0.25, 0.3) is 0 Å². The molecule has 5 nitrogen and oxygen atoms in total. The summed E-state index contributed by atoms with van der Waals surface area (Å²) in [7, 11) is 1.90. The van der Waals surface area contributed by atoms with Gasteiger partial charge in [-0.25, -0.2) is 0 Å². The summed E-state index contributed by atoms with van der Waals surface area (Å²) in [5, 5.41) is 10.6. The Kier molecular flexibility index (Phi) is 4.76. The van der Waals surface area contributed by atoms with Gasteiger partial charge in [0, 0.05) is 40.3 Å². The highest BCUT2D eigenvalue weighted by Gasteiger charge is 2.22. The summed E-state index contributed by atoms with van der Waals surface area (Å²) in [6, 6.07) is 15.3. The average Bonchev–Trinajstić information content (AvgIpc) is 3.26. The largest absolute Gasteiger partial charge is 0.360 e. The second kappa shape index (κ2) is 7.21. The van der Waals surface area contributed by atoms with Crippen molar-refractivity contribution < 1.29 is 4.79 Å². The van der Waals surface area contributed by atoms with Crippen LogP contribution < -0.4 is 0 Å². The highest BCUT2D eigenvalue weighted by Crippen LogP contribution is 2.29. The smallest absolute Gasteiger partial charge is 0.191 e. The molecule has 4 rings (SSSR count). The van der Waals surface area contributed by atoms with Crippen LogP contribution in [0.3, 0.4) is 0 Å². The molecule has 27 heavy (non-hydrogen) atoms. The number of aromatic amines is 1. The Labute approximate surface area is 165 Å². The van der Waals surface area contributed by atoms with E-state index in [0.717, 1.165) is 22.3 Å². The number of thioether (sulfide) groups is 1. The number of para-hydroxylation sites is 1. The summed E-state index contributed by atoms with van der Waals surface area (Å²) in [5.41, 5.74) is 2.59. The van der Waals surface area contributed by atoms with Crippen LogP contribution in [-0.2, 0) is 7.05 Å². The van der Waals surface area contributed by atoms with Crippen molar-refractivity contribution in [3.63, 3.8) is 0 Å². The van der Waals surface area contributed by atoms with Crippen LogP contribution in [0.15, 0.2) is 59.9 Å².